The quantitative estimate of drug-likeness (QED) is 0.530. The molecule has 0 bridgehead atoms. The van der Waals surface area contributed by atoms with Crippen LogP contribution in [0.15, 0.2) is 72.8 Å². The smallest absolute Gasteiger partial charge is 0.332 e. The Morgan fingerprint density at radius 2 is 1.71 bits per heavy atom. The maximum atomic E-state index is 13.4. The molecule has 0 radical (unpaired) electrons. The molecule has 172 valence electrons. The van der Waals surface area contributed by atoms with E-state index in [-0.39, 0.29) is 25.7 Å². The van der Waals surface area contributed by atoms with Crippen molar-refractivity contribution in [1.82, 2.24) is 4.90 Å². The number of halogens is 1. The fourth-order valence-corrected chi connectivity index (χ4v) is 4.11. The molecular formula is C25H20ClN3O5. The summed E-state index contributed by atoms with van der Waals surface area (Å²) in [6, 6.07) is 19.2. The molecule has 0 aromatic heterocycles. The number of rotatable bonds is 6. The number of benzene rings is 3. The molecule has 3 aromatic rings. The van der Waals surface area contributed by atoms with Crippen LogP contribution in [-0.2, 0) is 16.1 Å². The van der Waals surface area contributed by atoms with Gasteiger partial charge in [0.15, 0.2) is 11.5 Å². The van der Waals surface area contributed by atoms with Crippen LogP contribution in [-0.4, -0.2) is 35.6 Å². The first-order chi connectivity index (χ1) is 16.5. The van der Waals surface area contributed by atoms with Gasteiger partial charge in [-0.15, -0.1) is 0 Å². The highest BCUT2D eigenvalue weighted by Gasteiger charge is 2.46. The van der Waals surface area contributed by atoms with E-state index >= 15 is 0 Å². The van der Waals surface area contributed by atoms with E-state index in [0.717, 1.165) is 10.5 Å². The van der Waals surface area contributed by atoms with Crippen molar-refractivity contribution in [3.8, 4) is 11.5 Å². The number of nitrogens with one attached hydrogen (secondary N) is 1. The van der Waals surface area contributed by atoms with E-state index in [9.17, 15) is 14.4 Å². The molecule has 1 atom stereocenters. The average molecular weight is 478 g/mol. The van der Waals surface area contributed by atoms with Gasteiger partial charge in [-0.2, -0.15) is 0 Å². The number of carbonyl (C=O) groups is 3. The predicted octanol–water partition coefficient (Wildman–Crippen LogP) is 4.43. The number of ether oxygens (including phenoxy) is 2. The molecule has 1 fully saturated rings. The second-order valence-corrected chi connectivity index (χ2v) is 8.32. The number of nitrogens with zero attached hydrogens (tertiary/aromatic N) is 2. The molecule has 0 aliphatic carbocycles. The zero-order chi connectivity index (χ0) is 23.7. The van der Waals surface area contributed by atoms with Gasteiger partial charge in [-0.3, -0.25) is 9.59 Å². The minimum Gasteiger partial charge on any atom is -0.454 e. The molecule has 9 heteroatoms. The van der Waals surface area contributed by atoms with Gasteiger partial charge in [-0.1, -0.05) is 35.9 Å². The second-order valence-electron chi connectivity index (χ2n) is 7.88. The molecule has 2 aliphatic rings. The minimum atomic E-state index is -0.967. The molecule has 1 N–H and O–H groups in total. The summed E-state index contributed by atoms with van der Waals surface area (Å²) in [7, 11) is 0. The molecule has 4 amide bonds. The first-order valence-corrected chi connectivity index (χ1v) is 11.0. The number of imide groups is 1. The van der Waals surface area contributed by atoms with E-state index in [2.05, 4.69) is 5.32 Å². The van der Waals surface area contributed by atoms with Crippen LogP contribution >= 0.6 is 11.6 Å². The van der Waals surface area contributed by atoms with Crippen molar-refractivity contribution in [2.24, 2.45) is 0 Å². The van der Waals surface area contributed by atoms with E-state index in [1.54, 1.807) is 72.8 Å². The first-order valence-electron chi connectivity index (χ1n) is 10.6. The second kappa shape index (κ2) is 9.07. The van der Waals surface area contributed by atoms with Gasteiger partial charge in [0.25, 0.3) is 5.91 Å². The molecule has 3 aromatic carbocycles. The normalized spacial score (nSPS) is 16.8. The number of hydrogen-bond donors (Lipinski definition) is 1. The molecule has 2 heterocycles. The number of carbonyl (C=O) groups excluding carboxylic acids is 3. The van der Waals surface area contributed by atoms with Crippen molar-refractivity contribution in [3.63, 3.8) is 0 Å². The maximum absolute atomic E-state index is 13.4. The standard InChI is InChI=1S/C25H20ClN3O5/c26-17-7-9-18(10-8-17)27-23(30)13-20-24(31)29(19-4-2-1-3-5-19)25(32)28(20)14-16-6-11-21-22(12-16)34-15-33-21/h1-12,20H,13-15H2,(H,27,30)/t20-/m0/s1. The Hall–Kier alpha value is -4.04. The summed E-state index contributed by atoms with van der Waals surface area (Å²) in [5, 5.41) is 3.31. The molecule has 1 saturated heterocycles. The highest BCUT2D eigenvalue weighted by atomic mass is 35.5. The van der Waals surface area contributed by atoms with Crippen LogP contribution in [0, 0.1) is 0 Å². The number of amides is 4. The Kier molecular flexibility index (Phi) is 5.81. The lowest BCUT2D eigenvalue weighted by molar-refractivity contribution is -0.124. The molecule has 8 nitrogen and oxygen atoms in total. The van der Waals surface area contributed by atoms with E-state index in [0.29, 0.717) is 27.9 Å². The first kappa shape index (κ1) is 21.8. The molecule has 0 spiro atoms. The van der Waals surface area contributed by atoms with Crippen LogP contribution in [0.1, 0.15) is 12.0 Å². The number of para-hydroxylation sites is 1. The molecule has 34 heavy (non-hydrogen) atoms. The summed E-state index contributed by atoms with van der Waals surface area (Å²) in [5.41, 5.74) is 1.76. The van der Waals surface area contributed by atoms with E-state index < -0.39 is 18.0 Å². The fourth-order valence-electron chi connectivity index (χ4n) is 3.99. The zero-order valence-electron chi connectivity index (χ0n) is 17.9. The SMILES string of the molecule is O=C(C[C@H]1C(=O)N(c2ccccc2)C(=O)N1Cc1ccc2c(c1)OCO2)Nc1ccc(Cl)cc1. The zero-order valence-corrected chi connectivity index (χ0v) is 18.7. The van der Waals surface area contributed by atoms with Crippen molar-refractivity contribution in [2.45, 2.75) is 19.0 Å². The van der Waals surface area contributed by atoms with Crippen LogP contribution in [0.3, 0.4) is 0 Å². The van der Waals surface area contributed by atoms with Gasteiger partial charge in [-0.25, -0.2) is 9.69 Å². The number of fused-ring (bicyclic) bond motifs is 1. The number of anilines is 2. The van der Waals surface area contributed by atoms with Gasteiger partial charge in [-0.05, 0) is 54.1 Å². The van der Waals surface area contributed by atoms with Crippen molar-refractivity contribution in [3.05, 3.63) is 83.4 Å². The average Bonchev–Trinajstić information content (AvgIpc) is 3.39. The van der Waals surface area contributed by atoms with Gasteiger partial charge in [0.05, 0.1) is 12.1 Å². The van der Waals surface area contributed by atoms with Gasteiger partial charge in [0.2, 0.25) is 12.7 Å². The summed E-state index contributed by atoms with van der Waals surface area (Å²) in [6.07, 6.45) is -0.193. The minimum absolute atomic E-state index is 0.128. The predicted molar refractivity (Wildman–Crippen MR) is 126 cm³/mol. The highest BCUT2D eigenvalue weighted by molar-refractivity contribution is 6.30. The van der Waals surface area contributed by atoms with Crippen LogP contribution in [0.2, 0.25) is 5.02 Å². The van der Waals surface area contributed by atoms with Gasteiger partial charge in [0, 0.05) is 17.3 Å². The molecular weight excluding hydrogens is 458 g/mol. The van der Waals surface area contributed by atoms with Crippen molar-refractivity contribution < 1.29 is 23.9 Å². The number of urea groups is 1. The summed E-state index contributed by atoms with van der Waals surface area (Å²) in [5.74, 6) is 0.354. The maximum Gasteiger partial charge on any atom is 0.332 e. The van der Waals surface area contributed by atoms with Crippen molar-refractivity contribution in [2.75, 3.05) is 17.0 Å². The van der Waals surface area contributed by atoms with Crippen LogP contribution in [0.5, 0.6) is 11.5 Å². The van der Waals surface area contributed by atoms with E-state index in [4.69, 9.17) is 21.1 Å². The summed E-state index contributed by atoms with van der Waals surface area (Å²) < 4.78 is 10.8. The van der Waals surface area contributed by atoms with Crippen LogP contribution in [0.25, 0.3) is 0 Å². The lowest BCUT2D eigenvalue weighted by Crippen LogP contribution is -2.37. The topological polar surface area (TPSA) is 88.2 Å². The van der Waals surface area contributed by atoms with Gasteiger partial charge in [0.1, 0.15) is 6.04 Å². The van der Waals surface area contributed by atoms with Gasteiger partial charge >= 0.3 is 6.03 Å². The monoisotopic (exact) mass is 477 g/mol. The third-order valence-corrected chi connectivity index (χ3v) is 5.88. The van der Waals surface area contributed by atoms with E-state index in [1.807, 2.05) is 0 Å². The summed E-state index contributed by atoms with van der Waals surface area (Å²) in [4.78, 5) is 42.1. The van der Waals surface area contributed by atoms with Crippen LogP contribution in [0.4, 0.5) is 16.2 Å². The molecule has 5 rings (SSSR count). The lowest BCUT2D eigenvalue weighted by atomic mass is 10.1. The number of hydrogen-bond acceptors (Lipinski definition) is 5. The summed E-state index contributed by atoms with van der Waals surface area (Å²) in [6.45, 7) is 0.263. The molecule has 0 saturated carbocycles. The Labute approximate surface area is 200 Å². The third kappa shape index (κ3) is 4.27. The molecule has 0 unspecified atom stereocenters. The Morgan fingerprint density at radius 3 is 2.47 bits per heavy atom. The largest absolute Gasteiger partial charge is 0.454 e. The lowest BCUT2D eigenvalue weighted by Gasteiger charge is -2.22. The molecule has 2 aliphatic heterocycles. The van der Waals surface area contributed by atoms with Crippen LogP contribution < -0.4 is 19.7 Å². The fraction of sp³-hybridized carbons (Fsp3) is 0.160. The third-order valence-electron chi connectivity index (χ3n) is 5.63. The highest BCUT2D eigenvalue weighted by Crippen LogP contribution is 2.34. The van der Waals surface area contributed by atoms with Gasteiger partial charge < -0.3 is 19.7 Å². The van der Waals surface area contributed by atoms with E-state index in [1.165, 1.54) is 4.90 Å². The summed E-state index contributed by atoms with van der Waals surface area (Å²) >= 11 is 5.90. The van der Waals surface area contributed by atoms with Crippen molar-refractivity contribution in [1.29, 1.82) is 0 Å². The Bertz CT molecular complexity index is 1250. The Balaban J connectivity index is 1.40. The van der Waals surface area contributed by atoms with Crippen molar-refractivity contribution >= 4 is 40.8 Å². The Morgan fingerprint density at radius 1 is 0.971 bits per heavy atom.